The van der Waals surface area contributed by atoms with Gasteiger partial charge in [-0.15, -0.1) is 0 Å². The lowest BCUT2D eigenvalue weighted by Crippen LogP contribution is -2.38. The van der Waals surface area contributed by atoms with Crippen LogP contribution < -0.4 is 0 Å². The molecular formula is C22H26N2O2. The number of hydrogen-bond acceptors (Lipinski definition) is 2. The predicted molar refractivity (Wildman–Crippen MR) is 104 cm³/mol. The van der Waals surface area contributed by atoms with Gasteiger partial charge in [0.1, 0.15) is 0 Å². The largest absolute Gasteiger partial charge is 0.341 e. The molecule has 4 heteroatoms. The second-order valence-electron chi connectivity index (χ2n) is 7.07. The summed E-state index contributed by atoms with van der Waals surface area (Å²) in [6.07, 6.45) is 0.826. The zero-order chi connectivity index (χ0) is 18.5. The van der Waals surface area contributed by atoms with Gasteiger partial charge < -0.3 is 9.80 Å². The number of rotatable bonds is 3. The molecule has 0 aliphatic carbocycles. The molecular weight excluding hydrogens is 324 g/mol. The number of hydrogen-bond donors (Lipinski definition) is 0. The molecule has 2 amide bonds. The van der Waals surface area contributed by atoms with Crippen LogP contribution in [0.4, 0.5) is 0 Å². The third kappa shape index (κ3) is 4.13. The molecule has 1 fully saturated rings. The van der Waals surface area contributed by atoms with Crippen LogP contribution in [0.5, 0.6) is 0 Å². The van der Waals surface area contributed by atoms with Crippen LogP contribution in [0.15, 0.2) is 54.6 Å². The number of carbonyl (C=O) groups is 2. The topological polar surface area (TPSA) is 40.6 Å². The Morgan fingerprint density at radius 1 is 0.769 bits per heavy atom. The SMILES string of the molecule is CC(C)C(=O)N1CCCN(C(=O)c2ccc(-c3ccccc3)cc2)CC1. The number of amides is 2. The van der Waals surface area contributed by atoms with Crippen molar-refractivity contribution in [1.29, 1.82) is 0 Å². The Morgan fingerprint density at radius 2 is 1.35 bits per heavy atom. The summed E-state index contributed by atoms with van der Waals surface area (Å²) in [7, 11) is 0. The molecule has 1 aliphatic heterocycles. The lowest BCUT2D eigenvalue weighted by molar-refractivity contribution is -0.134. The molecule has 0 N–H and O–H groups in total. The first-order valence-electron chi connectivity index (χ1n) is 9.30. The first-order valence-corrected chi connectivity index (χ1v) is 9.30. The molecule has 136 valence electrons. The average Bonchev–Trinajstić information content (AvgIpc) is 2.94. The minimum Gasteiger partial charge on any atom is -0.341 e. The zero-order valence-corrected chi connectivity index (χ0v) is 15.5. The van der Waals surface area contributed by atoms with E-state index in [4.69, 9.17) is 0 Å². The summed E-state index contributed by atoms with van der Waals surface area (Å²) < 4.78 is 0. The van der Waals surface area contributed by atoms with Gasteiger partial charge in [0, 0.05) is 37.7 Å². The third-order valence-corrected chi connectivity index (χ3v) is 4.83. The molecule has 0 bridgehead atoms. The summed E-state index contributed by atoms with van der Waals surface area (Å²) in [6.45, 7) is 6.48. The Hall–Kier alpha value is -2.62. The summed E-state index contributed by atoms with van der Waals surface area (Å²) in [4.78, 5) is 28.8. The van der Waals surface area contributed by atoms with Gasteiger partial charge in [-0.1, -0.05) is 56.3 Å². The molecule has 4 nitrogen and oxygen atoms in total. The van der Waals surface area contributed by atoms with E-state index >= 15 is 0 Å². The second-order valence-corrected chi connectivity index (χ2v) is 7.07. The minimum atomic E-state index is 0.00258. The predicted octanol–water partition coefficient (Wildman–Crippen LogP) is 3.68. The molecule has 0 spiro atoms. The minimum absolute atomic E-state index is 0.00258. The summed E-state index contributed by atoms with van der Waals surface area (Å²) >= 11 is 0. The van der Waals surface area contributed by atoms with Crippen LogP contribution in [0.2, 0.25) is 0 Å². The molecule has 0 aromatic heterocycles. The standard InChI is InChI=1S/C22H26N2O2/c1-17(2)21(25)23-13-6-14-24(16-15-23)22(26)20-11-9-19(10-12-20)18-7-4-3-5-8-18/h3-5,7-12,17H,6,13-16H2,1-2H3. The maximum Gasteiger partial charge on any atom is 0.253 e. The molecule has 1 heterocycles. The van der Waals surface area contributed by atoms with Gasteiger partial charge in [-0.25, -0.2) is 0 Å². The van der Waals surface area contributed by atoms with Gasteiger partial charge in [-0.3, -0.25) is 9.59 Å². The highest BCUT2D eigenvalue weighted by molar-refractivity contribution is 5.94. The van der Waals surface area contributed by atoms with E-state index in [0.29, 0.717) is 25.2 Å². The molecule has 1 aliphatic rings. The van der Waals surface area contributed by atoms with E-state index in [1.165, 1.54) is 0 Å². The summed E-state index contributed by atoms with van der Waals surface area (Å²) in [5.74, 6) is 0.220. The monoisotopic (exact) mass is 350 g/mol. The number of benzene rings is 2. The second kappa shape index (κ2) is 8.17. The maximum absolute atomic E-state index is 12.8. The quantitative estimate of drug-likeness (QED) is 0.847. The van der Waals surface area contributed by atoms with Crippen molar-refractivity contribution in [2.75, 3.05) is 26.2 Å². The summed E-state index contributed by atoms with van der Waals surface area (Å²) in [5.41, 5.74) is 2.95. The van der Waals surface area contributed by atoms with Crippen LogP contribution >= 0.6 is 0 Å². The fourth-order valence-corrected chi connectivity index (χ4v) is 3.32. The fourth-order valence-electron chi connectivity index (χ4n) is 3.32. The van der Waals surface area contributed by atoms with Crippen molar-refractivity contribution in [2.24, 2.45) is 5.92 Å². The molecule has 2 aromatic rings. The Labute approximate surface area is 155 Å². The highest BCUT2D eigenvalue weighted by Gasteiger charge is 2.23. The van der Waals surface area contributed by atoms with Crippen molar-refractivity contribution in [3.8, 4) is 11.1 Å². The highest BCUT2D eigenvalue weighted by atomic mass is 16.2. The van der Waals surface area contributed by atoms with Crippen LogP contribution in [-0.2, 0) is 4.79 Å². The smallest absolute Gasteiger partial charge is 0.253 e. The van der Waals surface area contributed by atoms with E-state index in [1.54, 1.807) is 0 Å². The first-order chi connectivity index (χ1) is 12.6. The van der Waals surface area contributed by atoms with Gasteiger partial charge >= 0.3 is 0 Å². The van der Waals surface area contributed by atoms with Crippen LogP contribution in [0.25, 0.3) is 11.1 Å². The van der Waals surface area contributed by atoms with Gasteiger partial charge in [0.15, 0.2) is 0 Å². The van der Waals surface area contributed by atoms with E-state index in [-0.39, 0.29) is 17.7 Å². The zero-order valence-electron chi connectivity index (χ0n) is 15.5. The van der Waals surface area contributed by atoms with Crippen LogP contribution in [0.1, 0.15) is 30.6 Å². The fraction of sp³-hybridized carbons (Fsp3) is 0.364. The van der Waals surface area contributed by atoms with Gasteiger partial charge in [0.2, 0.25) is 5.91 Å². The number of carbonyl (C=O) groups excluding carboxylic acids is 2. The maximum atomic E-state index is 12.8. The summed E-state index contributed by atoms with van der Waals surface area (Å²) in [5, 5.41) is 0. The van der Waals surface area contributed by atoms with Crippen molar-refractivity contribution in [2.45, 2.75) is 20.3 Å². The highest BCUT2D eigenvalue weighted by Crippen LogP contribution is 2.20. The van der Waals surface area contributed by atoms with Crippen molar-refractivity contribution in [3.05, 3.63) is 60.2 Å². The molecule has 3 rings (SSSR count). The van der Waals surface area contributed by atoms with Gasteiger partial charge in [-0.05, 0) is 29.7 Å². The summed E-state index contributed by atoms with van der Waals surface area (Å²) in [6, 6.07) is 17.9. The molecule has 0 saturated carbocycles. The molecule has 1 saturated heterocycles. The van der Waals surface area contributed by atoms with Crippen molar-refractivity contribution >= 4 is 11.8 Å². The molecule has 0 atom stereocenters. The average molecular weight is 350 g/mol. The van der Waals surface area contributed by atoms with E-state index in [2.05, 4.69) is 12.1 Å². The molecule has 26 heavy (non-hydrogen) atoms. The van der Waals surface area contributed by atoms with E-state index in [9.17, 15) is 9.59 Å². The Balaban J connectivity index is 1.67. The van der Waals surface area contributed by atoms with E-state index in [0.717, 1.165) is 24.1 Å². The lowest BCUT2D eigenvalue weighted by atomic mass is 10.0. The van der Waals surface area contributed by atoms with Crippen LogP contribution in [0, 0.1) is 5.92 Å². The van der Waals surface area contributed by atoms with Gasteiger partial charge in [0.25, 0.3) is 5.91 Å². The Kier molecular flexibility index (Phi) is 5.71. The van der Waals surface area contributed by atoms with Gasteiger partial charge in [0.05, 0.1) is 0 Å². The van der Waals surface area contributed by atoms with Gasteiger partial charge in [-0.2, -0.15) is 0 Å². The van der Waals surface area contributed by atoms with Crippen molar-refractivity contribution in [1.82, 2.24) is 9.80 Å². The Bertz CT molecular complexity index is 753. The molecule has 0 unspecified atom stereocenters. The van der Waals surface area contributed by atoms with Crippen molar-refractivity contribution < 1.29 is 9.59 Å². The van der Waals surface area contributed by atoms with E-state index in [1.807, 2.05) is 66.1 Å². The normalized spacial score (nSPS) is 15.0. The molecule has 0 radical (unpaired) electrons. The third-order valence-electron chi connectivity index (χ3n) is 4.83. The lowest BCUT2D eigenvalue weighted by Gasteiger charge is -2.23. The number of nitrogens with zero attached hydrogens (tertiary/aromatic N) is 2. The van der Waals surface area contributed by atoms with E-state index < -0.39 is 0 Å². The van der Waals surface area contributed by atoms with Crippen LogP contribution in [-0.4, -0.2) is 47.8 Å². The van der Waals surface area contributed by atoms with Crippen molar-refractivity contribution in [3.63, 3.8) is 0 Å². The first kappa shape index (κ1) is 18.2. The van der Waals surface area contributed by atoms with Crippen LogP contribution in [0.3, 0.4) is 0 Å². The Morgan fingerprint density at radius 3 is 2.00 bits per heavy atom. The molecule has 2 aromatic carbocycles.